The molecule has 1 aromatic rings. The summed E-state index contributed by atoms with van der Waals surface area (Å²) in [5.41, 5.74) is 2.42. The zero-order valence-electron chi connectivity index (χ0n) is 13.7. The maximum absolute atomic E-state index is 12.2. The summed E-state index contributed by atoms with van der Waals surface area (Å²) >= 11 is 0. The van der Waals surface area contributed by atoms with Crippen molar-refractivity contribution in [3.63, 3.8) is 0 Å². The molecule has 7 nitrogen and oxygen atoms in total. The first-order valence-electron chi connectivity index (χ1n) is 7.68. The molecule has 1 aliphatic rings. The third-order valence-electron chi connectivity index (χ3n) is 4.14. The molecule has 2 heterocycles. The Bertz CT molecular complexity index is 721. The van der Waals surface area contributed by atoms with E-state index in [0.29, 0.717) is 12.0 Å². The fourth-order valence-electron chi connectivity index (χ4n) is 2.96. The molecule has 2 N–H and O–H groups in total. The number of hydrogen-bond donors (Lipinski definition) is 2. The maximum Gasteiger partial charge on any atom is 0.253 e. The van der Waals surface area contributed by atoms with Crippen LogP contribution in [0.4, 0.5) is 0 Å². The highest BCUT2D eigenvalue weighted by Crippen LogP contribution is 2.14. The third-order valence-corrected chi connectivity index (χ3v) is 5.91. The molecule has 1 atom stereocenters. The molecule has 1 aliphatic heterocycles. The van der Waals surface area contributed by atoms with E-state index in [1.54, 1.807) is 6.07 Å². The van der Waals surface area contributed by atoms with Crippen LogP contribution in [0.3, 0.4) is 0 Å². The van der Waals surface area contributed by atoms with Gasteiger partial charge in [-0.25, -0.2) is 8.42 Å². The van der Waals surface area contributed by atoms with Crippen molar-refractivity contribution in [1.82, 2.24) is 15.2 Å². The van der Waals surface area contributed by atoms with E-state index in [9.17, 15) is 18.0 Å². The Morgan fingerprint density at radius 3 is 2.57 bits per heavy atom. The quantitative estimate of drug-likeness (QED) is 0.797. The van der Waals surface area contributed by atoms with Crippen molar-refractivity contribution in [2.75, 3.05) is 18.1 Å². The third kappa shape index (κ3) is 4.13. The van der Waals surface area contributed by atoms with E-state index < -0.39 is 9.84 Å². The Morgan fingerprint density at radius 1 is 1.35 bits per heavy atom. The molecule has 0 aromatic carbocycles. The molecular weight excluding hydrogens is 318 g/mol. The van der Waals surface area contributed by atoms with Gasteiger partial charge in [0.15, 0.2) is 9.84 Å². The molecule has 1 fully saturated rings. The summed E-state index contributed by atoms with van der Waals surface area (Å²) in [5.74, 6) is -0.589. The molecule has 1 aromatic heterocycles. The fourth-order valence-corrected chi connectivity index (χ4v) is 4.63. The number of carbonyl (C=O) groups is 2. The van der Waals surface area contributed by atoms with Crippen LogP contribution >= 0.6 is 0 Å². The Morgan fingerprint density at radius 2 is 2.04 bits per heavy atom. The van der Waals surface area contributed by atoms with E-state index in [4.69, 9.17) is 0 Å². The van der Waals surface area contributed by atoms with Crippen LogP contribution in [0.2, 0.25) is 0 Å². The second kappa shape index (κ2) is 6.74. The Kier molecular flexibility index (Phi) is 5.13. The van der Waals surface area contributed by atoms with Gasteiger partial charge in [-0.1, -0.05) is 0 Å². The van der Waals surface area contributed by atoms with Crippen molar-refractivity contribution in [2.45, 2.75) is 39.8 Å². The largest absolute Gasteiger partial charge is 0.351 e. The molecule has 0 saturated carbocycles. The summed E-state index contributed by atoms with van der Waals surface area (Å²) in [6, 6.07) is 1.45. The van der Waals surface area contributed by atoms with E-state index in [-0.39, 0.29) is 35.9 Å². The molecule has 8 heteroatoms. The summed E-state index contributed by atoms with van der Waals surface area (Å²) in [5, 5.41) is 5.23. The van der Waals surface area contributed by atoms with Crippen LogP contribution in [0.1, 0.15) is 35.1 Å². The highest BCUT2D eigenvalue weighted by molar-refractivity contribution is 7.91. The van der Waals surface area contributed by atoms with Crippen LogP contribution in [0.15, 0.2) is 6.07 Å². The number of hydrogen-bond acceptors (Lipinski definition) is 4. The lowest BCUT2D eigenvalue weighted by atomic mass is 10.2. The van der Waals surface area contributed by atoms with Gasteiger partial charge in [0.1, 0.15) is 0 Å². The number of carbonyl (C=O) groups excluding carboxylic acids is 2. The Hall–Kier alpha value is -1.83. The zero-order chi connectivity index (χ0) is 17.2. The molecule has 2 amide bonds. The van der Waals surface area contributed by atoms with Crippen molar-refractivity contribution in [1.29, 1.82) is 0 Å². The molecule has 128 valence electrons. The second-order valence-electron chi connectivity index (χ2n) is 5.88. The minimum absolute atomic E-state index is 0.0235. The standard InChI is InChI=1S/C15H23N3O4S/c1-4-18-10(2)7-13(11(18)3)15(20)16-8-14(19)17-12-5-6-23(21,22)9-12/h7,12H,4-6,8-9H2,1-3H3,(H,16,20)(H,17,19). The second-order valence-corrected chi connectivity index (χ2v) is 8.11. The SMILES string of the molecule is CCn1c(C)cc(C(=O)NCC(=O)NC2CCS(=O)(=O)C2)c1C. The normalized spacial score (nSPS) is 19.5. The predicted octanol–water partition coefficient (Wildman–Crippen LogP) is 0.158. The monoisotopic (exact) mass is 341 g/mol. The molecule has 2 rings (SSSR count). The van der Waals surface area contributed by atoms with Gasteiger partial charge in [-0.3, -0.25) is 9.59 Å². The van der Waals surface area contributed by atoms with Gasteiger partial charge >= 0.3 is 0 Å². The first-order valence-corrected chi connectivity index (χ1v) is 9.50. The smallest absolute Gasteiger partial charge is 0.253 e. The molecule has 0 aliphatic carbocycles. The zero-order valence-corrected chi connectivity index (χ0v) is 14.5. The van der Waals surface area contributed by atoms with E-state index >= 15 is 0 Å². The van der Waals surface area contributed by atoms with Crippen LogP contribution < -0.4 is 10.6 Å². The molecule has 0 bridgehead atoms. The van der Waals surface area contributed by atoms with Gasteiger partial charge in [0.25, 0.3) is 5.91 Å². The van der Waals surface area contributed by atoms with Gasteiger partial charge in [-0.15, -0.1) is 0 Å². The summed E-state index contributed by atoms with van der Waals surface area (Å²) in [4.78, 5) is 24.0. The van der Waals surface area contributed by atoms with Crippen molar-refractivity contribution in [3.05, 3.63) is 23.0 Å². The van der Waals surface area contributed by atoms with Crippen LogP contribution in [-0.2, 0) is 21.2 Å². The van der Waals surface area contributed by atoms with Crippen molar-refractivity contribution in [2.24, 2.45) is 0 Å². The number of nitrogens with one attached hydrogen (secondary N) is 2. The molecule has 1 saturated heterocycles. The van der Waals surface area contributed by atoms with Gasteiger partial charge in [0, 0.05) is 24.0 Å². The van der Waals surface area contributed by atoms with Crippen LogP contribution in [0.5, 0.6) is 0 Å². The summed E-state index contributed by atoms with van der Waals surface area (Å²) < 4.78 is 24.7. The lowest BCUT2D eigenvalue weighted by molar-refractivity contribution is -0.120. The van der Waals surface area contributed by atoms with Crippen molar-refractivity contribution in [3.8, 4) is 0 Å². The number of rotatable bonds is 5. The van der Waals surface area contributed by atoms with Crippen molar-refractivity contribution >= 4 is 21.7 Å². The topological polar surface area (TPSA) is 97.3 Å². The number of nitrogens with zero attached hydrogens (tertiary/aromatic N) is 1. The van der Waals surface area contributed by atoms with Gasteiger partial charge < -0.3 is 15.2 Å². The maximum atomic E-state index is 12.2. The highest BCUT2D eigenvalue weighted by Gasteiger charge is 2.28. The predicted molar refractivity (Wildman–Crippen MR) is 87.1 cm³/mol. The van der Waals surface area contributed by atoms with Gasteiger partial charge in [-0.05, 0) is 33.3 Å². The fraction of sp³-hybridized carbons (Fsp3) is 0.600. The van der Waals surface area contributed by atoms with Gasteiger partial charge in [0.2, 0.25) is 5.91 Å². The molecule has 23 heavy (non-hydrogen) atoms. The summed E-state index contributed by atoms with van der Waals surface area (Å²) in [6.07, 6.45) is 0.430. The number of aromatic nitrogens is 1. The summed E-state index contributed by atoms with van der Waals surface area (Å²) in [7, 11) is -3.03. The summed E-state index contributed by atoms with van der Waals surface area (Å²) in [6.45, 7) is 6.42. The average molecular weight is 341 g/mol. The average Bonchev–Trinajstić information content (AvgIpc) is 2.95. The van der Waals surface area contributed by atoms with Crippen LogP contribution in [0, 0.1) is 13.8 Å². The van der Waals surface area contributed by atoms with E-state index in [2.05, 4.69) is 10.6 Å². The first-order chi connectivity index (χ1) is 10.7. The lowest BCUT2D eigenvalue weighted by Crippen LogP contribution is -2.42. The number of sulfone groups is 1. The number of amides is 2. The van der Waals surface area contributed by atoms with E-state index in [1.807, 2.05) is 25.3 Å². The lowest BCUT2D eigenvalue weighted by Gasteiger charge is -2.11. The molecule has 0 radical (unpaired) electrons. The van der Waals surface area contributed by atoms with Gasteiger partial charge in [-0.2, -0.15) is 0 Å². The van der Waals surface area contributed by atoms with Crippen LogP contribution in [-0.4, -0.2) is 48.9 Å². The highest BCUT2D eigenvalue weighted by atomic mass is 32.2. The number of aryl methyl sites for hydroxylation is 1. The first kappa shape index (κ1) is 17.5. The van der Waals surface area contributed by atoms with Crippen molar-refractivity contribution < 1.29 is 18.0 Å². The van der Waals surface area contributed by atoms with E-state index in [1.165, 1.54) is 0 Å². The minimum atomic E-state index is -3.03. The molecular formula is C15H23N3O4S. The van der Waals surface area contributed by atoms with Gasteiger partial charge in [0.05, 0.1) is 23.6 Å². The Labute approximate surface area is 136 Å². The minimum Gasteiger partial charge on any atom is -0.351 e. The molecule has 0 spiro atoms. The van der Waals surface area contributed by atoms with Crippen LogP contribution in [0.25, 0.3) is 0 Å². The van der Waals surface area contributed by atoms with E-state index in [0.717, 1.165) is 17.9 Å². The Balaban J connectivity index is 1.88. The molecule has 1 unspecified atom stereocenters.